The maximum Gasteiger partial charge on any atom is 0.348 e. The third-order valence-electron chi connectivity index (χ3n) is 6.12. The Morgan fingerprint density at radius 1 is 1.21 bits per heavy atom. The lowest BCUT2D eigenvalue weighted by Crippen LogP contribution is -2.52. The van der Waals surface area contributed by atoms with Gasteiger partial charge in [-0.25, -0.2) is 4.79 Å². The number of thiophene rings is 1. The van der Waals surface area contributed by atoms with Gasteiger partial charge in [-0.05, 0) is 64.9 Å². The van der Waals surface area contributed by atoms with Gasteiger partial charge >= 0.3 is 5.97 Å². The third-order valence-corrected chi connectivity index (χ3v) is 7.15. The van der Waals surface area contributed by atoms with Crippen LogP contribution in [0.3, 0.4) is 0 Å². The van der Waals surface area contributed by atoms with Gasteiger partial charge in [-0.15, -0.1) is 11.3 Å². The molecule has 1 heterocycles. The molecule has 0 unspecified atom stereocenters. The van der Waals surface area contributed by atoms with Crippen LogP contribution in [0, 0.1) is 29.1 Å². The first-order chi connectivity index (χ1) is 15.9. The summed E-state index contributed by atoms with van der Waals surface area (Å²) in [4.78, 5) is 42.7. The van der Waals surface area contributed by atoms with E-state index in [2.05, 4.69) is 18.8 Å². The van der Waals surface area contributed by atoms with E-state index in [4.69, 9.17) is 0 Å². The molecule has 1 aromatic rings. The van der Waals surface area contributed by atoms with E-state index in [0.29, 0.717) is 17.2 Å². The summed E-state index contributed by atoms with van der Waals surface area (Å²) < 4.78 is 0. The molecule has 0 spiro atoms. The number of aliphatic hydroxyl groups is 1. The van der Waals surface area contributed by atoms with Crippen molar-refractivity contribution in [1.29, 1.82) is 0 Å². The Morgan fingerprint density at radius 2 is 1.82 bits per heavy atom. The van der Waals surface area contributed by atoms with E-state index in [1.54, 1.807) is 13.1 Å². The molecule has 1 saturated carbocycles. The second-order valence-corrected chi connectivity index (χ2v) is 11.3. The van der Waals surface area contributed by atoms with Gasteiger partial charge in [0.2, 0.25) is 11.8 Å². The highest BCUT2D eigenvalue weighted by atomic mass is 32.1. The number of aliphatic hydroxyl groups excluding tert-OH is 1. The monoisotopic (exact) mass is 490 g/mol. The number of likely N-dealkylation sites (N-methyl/N-ethyl adjacent to an activating group) is 1. The number of aromatic carboxylic acids is 1. The van der Waals surface area contributed by atoms with Gasteiger partial charge in [-0.1, -0.05) is 25.7 Å². The van der Waals surface area contributed by atoms with Gasteiger partial charge in [0.1, 0.15) is 10.9 Å². The fourth-order valence-electron chi connectivity index (χ4n) is 4.15. The summed E-state index contributed by atoms with van der Waals surface area (Å²) in [7, 11) is 1.58. The molecular weight excluding hydrogens is 452 g/mol. The molecule has 1 fully saturated rings. The fourth-order valence-corrected chi connectivity index (χ4v) is 4.99. The number of hydrogen-bond acceptors (Lipinski definition) is 5. The lowest BCUT2D eigenvalue weighted by molar-refractivity contribution is -0.135. The fraction of sp³-hybridized carbons (Fsp3) is 0.654. The van der Waals surface area contributed by atoms with Crippen LogP contribution in [0.2, 0.25) is 0 Å². The molecule has 0 radical (unpaired) electrons. The molecular formula is C26H38N2O5S. The van der Waals surface area contributed by atoms with Gasteiger partial charge in [0, 0.05) is 24.9 Å². The number of carbonyl (C=O) groups excluding carboxylic acids is 2. The normalized spacial score (nSPS) is 19.0. The van der Waals surface area contributed by atoms with Crippen molar-refractivity contribution in [3.8, 4) is 11.8 Å². The topological polar surface area (TPSA) is 98.2 Å². The minimum absolute atomic E-state index is 0.00629. The summed E-state index contributed by atoms with van der Waals surface area (Å²) in [6.45, 7) is 9.82. The Balaban J connectivity index is 2.61. The maximum absolute atomic E-state index is 13.9. The lowest BCUT2D eigenvalue weighted by Gasteiger charge is -2.36. The average Bonchev–Trinajstić information content (AvgIpc) is 3.19. The van der Waals surface area contributed by atoms with E-state index < -0.39 is 12.0 Å². The molecule has 0 aliphatic heterocycles. The van der Waals surface area contributed by atoms with E-state index in [0.717, 1.165) is 37.0 Å². The average molecular weight is 491 g/mol. The van der Waals surface area contributed by atoms with Crippen LogP contribution in [0.25, 0.3) is 0 Å². The first kappa shape index (κ1) is 27.9. The summed E-state index contributed by atoms with van der Waals surface area (Å²) in [5.74, 6) is 4.78. The molecule has 0 saturated heterocycles. The second-order valence-electron chi connectivity index (χ2n) is 10.2. The Hall–Kier alpha value is -2.37. The molecule has 0 bridgehead atoms. The molecule has 1 atom stereocenters. The first-order valence-corrected chi connectivity index (χ1v) is 12.8. The zero-order valence-corrected chi connectivity index (χ0v) is 22.0. The lowest BCUT2D eigenvalue weighted by atomic mass is 9.82. The number of hydrogen-bond donors (Lipinski definition) is 2. The molecule has 34 heavy (non-hydrogen) atoms. The van der Waals surface area contributed by atoms with Crippen molar-refractivity contribution in [2.24, 2.45) is 17.3 Å². The number of carbonyl (C=O) groups is 3. The quantitative estimate of drug-likeness (QED) is 0.532. The molecule has 8 heteroatoms. The number of nitrogens with zero attached hydrogens (tertiary/aromatic N) is 2. The second kappa shape index (κ2) is 11.9. The first-order valence-electron chi connectivity index (χ1n) is 12.0. The van der Waals surface area contributed by atoms with Crippen LogP contribution in [-0.4, -0.2) is 59.1 Å². The zero-order chi connectivity index (χ0) is 25.6. The Morgan fingerprint density at radius 3 is 2.32 bits per heavy atom. The van der Waals surface area contributed by atoms with Gasteiger partial charge in [0.15, 0.2) is 0 Å². The van der Waals surface area contributed by atoms with Crippen molar-refractivity contribution < 1.29 is 24.6 Å². The van der Waals surface area contributed by atoms with Crippen LogP contribution in [-0.2, 0) is 9.59 Å². The molecule has 2 N–H and O–H groups in total. The van der Waals surface area contributed by atoms with Crippen molar-refractivity contribution in [3.05, 3.63) is 15.8 Å². The highest BCUT2D eigenvalue weighted by Crippen LogP contribution is 2.37. The van der Waals surface area contributed by atoms with Crippen LogP contribution in [0.1, 0.15) is 81.3 Å². The molecule has 0 aromatic carbocycles. The summed E-state index contributed by atoms with van der Waals surface area (Å²) in [6.07, 6.45) is 3.61. The van der Waals surface area contributed by atoms with Crippen molar-refractivity contribution in [3.63, 3.8) is 0 Å². The van der Waals surface area contributed by atoms with Crippen LogP contribution in [0.5, 0.6) is 0 Å². The van der Waals surface area contributed by atoms with E-state index in [-0.39, 0.29) is 46.9 Å². The van der Waals surface area contributed by atoms with Crippen LogP contribution in [0.4, 0.5) is 5.69 Å². The molecule has 7 nitrogen and oxygen atoms in total. The zero-order valence-electron chi connectivity index (χ0n) is 21.2. The van der Waals surface area contributed by atoms with Gasteiger partial charge in [-0.2, -0.15) is 0 Å². The number of rotatable bonds is 8. The van der Waals surface area contributed by atoms with Crippen molar-refractivity contribution in [2.75, 3.05) is 25.1 Å². The van der Waals surface area contributed by atoms with Crippen LogP contribution in [0.15, 0.2) is 6.07 Å². The molecule has 2 rings (SSSR count). The Kier molecular flexibility index (Phi) is 9.72. The van der Waals surface area contributed by atoms with Crippen molar-refractivity contribution in [1.82, 2.24) is 4.90 Å². The molecule has 188 valence electrons. The predicted octanol–water partition coefficient (Wildman–Crippen LogP) is 4.23. The minimum Gasteiger partial charge on any atom is -0.477 e. The number of carboxylic acid groups (broad SMARTS) is 1. The Labute approximate surface area is 207 Å². The molecule has 1 aliphatic rings. The van der Waals surface area contributed by atoms with E-state index >= 15 is 0 Å². The molecule has 1 aliphatic carbocycles. The van der Waals surface area contributed by atoms with E-state index in [1.165, 1.54) is 9.80 Å². The van der Waals surface area contributed by atoms with E-state index in [1.807, 2.05) is 27.7 Å². The van der Waals surface area contributed by atoms with Crippen LogP contribution < -0.4 is 4.90 Å². The number of carboxylic acids is 1. The van der Waals surface area contributed by atoms with Gasteiger partial charge < -0.3 is 15.1 Å². The standard InChI is InChI=1S/C26H38N2O5S/c1-7-20(24(31)27(6)14-15-29)28(23(30)18-10-8-17(2)9-11-18)21-16-19(12-13-26(3,4)5)34-22(21)25(32)33/h16-18,20,29H,7-11,14-15H2,1-6H3,(H,32,33)/t17?,18?,20-/m0/s1. The van der Waals surface area contributed by atoms with Gasteiger partial charge in [0.25, 0.3) is 0 Å². The summed E-state index contributed by atoms with van der Waals surface area (Å²) in [5, 5.41) is 19.3. The molecule has 1 aromatic heterocycles. The molecule has 2 amide bonds. The Bertz CT molecular complexity index is 945. The smallest absolute Gasteiger partial charge is 0.348 e. The highest BCUT2D eigenvalue weighted by molar-refractivity contribution is 7.15. The SMILES string of the molecule is CC[C@@H](C(=O)N(C)CCO)N(C(=O)C1CCC(C)CC1)c1cc(C#CC(C)(C)C)sc1C(=O)O. The number of anilines is 1. The van der Waals surface area contributed by atoms with Crippen molar-refractivity contribution in [2.45, 2.75) is 72.8 Å². The summed E-state index contributed by atoms with van der Waals surface area (Å²) in [5.41, 5.74) is -0.0338. The van der Waals surface area contributed by atoms with Crippen molar-refractivity contribution >= 4 is 34.8 Å². The minimum atomic E-state index is -1.15. The highest BCUT2D eigenvalue weighted by Gasteiger charge is 2.38. The third kappa shape index (κ3) is 7.07. The summed E-state index contributed by atoms with van der Waals surface area (Å²) >= 11 is 1.03. The summed E-state index contributed by atoms with van der Waals surface area (Å²) in [6, 6.07) is 0.776. The van der Waals surface area contributed by atoms with Gasteiger partial charge in [0.05, 0.1) is 17.2 Å². The predicted molar refractivity (Wildman–Crippen MR) is 135 cm³/mol. The van der Waals surface area contributed by atoms with E-state index in [9.17, 15) is 24.6 Å². The largest absolute Gasteiger partial charge is 0.477 e. The van der Waals surface area contributed by atoms with Crippen LogP contribution >= 0.6 is 11.3 Å². The number of amides is 2. The van der Waals surface area contributed by atoms with Gasteiger partial charge in [-0.3, -0.25) is 14.5 Å². The maximum atomic E-state index is 13.9.